The first-order valence-electron chi connectivity index (χ1n) is 2.59. The fourth-order valence-corrected chi connectivity index (χ4v) is 1.20. The maximum absolute atomic E-state index is 8.46. The average Bonchev–Trinajstić information content (AvgIpc) is 1.95. The molecular weight excluding hydrogens is 260 g/mol. The van der Waals surface area contributed by atoms with Crippen molar-refractivity contribution in [2.45, 2.75) is 0 Å². The van der Waals surface area contributed by atoms with E-state index >= 15 is 0 Å². The summed E-state index contributed by atoms with van der Waals surface area (Å²) in [6, 6.07) is 7.21. The van der Waals surface area contributed by atoms with Crippen LogP contribution in [-0.4, -0.2) is 0 Å². The van der Waals surface area contributed by atoms with Crippen LogP contribution >= 0.6 is 34.2 Å². The zero-order valence-corrected chi connectivity index (χ0v) is 7.85. The Morgan fingerprint density at radius 1 is 1.50 bits per heavy atom. The van der Waals surface area contributed by atoms with Gasteiger partial charge in [0.1, 0.15) is 0 Å². The highest BCUT2D eigenvalue weighted by molar-refractivity contribution is 14.1. The molecule has 1 aromatic rings. The van der Waals surface area contributed by atoms with Crippen molar-refractivity contribution in [2.75, 3.05) is 0 Å². The molecule has 0 saturated carbocycles. The molecule has 1 aromatic carbocycles. The fourth-order valence-electron chi connectivity index (χ4n) is 0.566. The van der Waals surface area contributed by atoms with E-state index in [0.29, 0.717) is 10.6 Å². The molecule has 0 aromatic heterocycles. The van der Waals surface area contributed by atoms with Crippen molar-refractivity contribution in [1.29, 1.82) is 5.26 Å². The van der Waals surface area contributed by atoms with E-state index in [0.717, 1.165) is 3.57 Å². The fraction of sp³-hybridized carbons (Fsp3) is 0. The second kappa shape index (κ2) is 3.22. The van der Waals surface area contributed by atoms with E-state index in [1.165, 1.54) is 0 Å². The van der Waals surface area contributed by atoms with Crippen molar-refractivity contribution in [1.82, 2.24) is 0 Å². The third-order valence-corrected chi connectivity index (χ3v) is 2.59. The van der Waals surface area contributed by atoms with E-state index in [9.17, 15) is 0 Å². The molecule has 0 amide bonds. The Balaban J connectivity index is 3.20. The first-order valence-corrected chi connectivity index (χ1v) is 4.05. The number of rotatable bonds is 0. The van der Waals surface area contributed by atoms with Crippen molar-refractivity contribution in [3.05, 3.63) is 32.4 Å². The van der Waals surface area contributed by atoms with E-state index in [1.54, 1.807) is 18.2 Å². The number of hydrogen-bond donors (Lipinski definition) is 0. The summed E-state index contributed by atoms with van der Waals surface area (Å²) < 4.78 is 0.915. The number of hydrogen-bond acceptors (Lipinski definition) is 1. The van der Waals surface area contributed by atoms with Crippen LogP contribution in [0.1, 0.15) is 5.56 Å². The number of nitriles is 1. The third-order valence-electron chi connectivity index (χ3n) is 1.05. The minimum atomic E-state index is 0.647. The van der Waals surface area contributed by atoms with E-state index < -0.39 is 0 Å². The molecule has 1 rings (SSSR count). The molecule has 3 heteroatoms. The zero-order valence-electron chi connectivity index (χ0n) is 4.94. The van der Waals surface area contributed by atoms with Gasteiger partial charge in [0.2, 0.25) is 0 Å². The summed E-state index contributed by atoms with van der Waals surface area (Å²) in [4.78, 5) is 0. The predicted molar refractivity (Wildman–Crippen MR) is 48.9 cm³/mol. The highest BCUT2D eigenvalue weighted by atomic mass is 127. The molecule has 0 aliphatic carbocycles. The molecule has 0 heterocycles. The molecule has 0 atom stereocenters. The van der Waals surface area contributed by atoms with Gasteiger partial charge in [-0.15, -0.1) is 0 Å². The lowest BCUT2D eigenvalue weighted by Gasteiger charge is -1.93. The van der Waals surface area contributed by atoms with E-state index in [1.807, 2.05) is 6.07 Å². The van der Waals surface area contributed by atoms with Crippen LogP contribution in [0.25, 0.3) is 0 Å². The monoisotopic (exact) mass is 263 g/mol. The lowest BCUT2D eigenvalue weighted by atomic mass is 10.2. The van der Waals surface area contributed by atoms with Gasteiger partial charge in [0.15, 0.2) is 0 Å². The highest BCUT2D eigenvalue weighted by Crippen LogP contribution is 2.18. The molecule has 0 aliphatic rings. The van der Waals surface area contributed by atoms with Gasteiger partial charge in [-0.25, -0.2) is 0 Å². The van der Waals surface area contributed by atoms with Crippen LogP contribution in [-0.2, 0) is 0 Å². The summed E-state index contributed by atoms with van der Waals surface area (Å²) in [5.41, 5.74) is 0.647. The lowest BCUT2D eigenvalue weighted by Crippen LogP contribution is -1.76. The normalized spacial score (nSPS) is 8.90. The second-order valence-corrected chi connectivity index (χ2v) is 3.31. The van der Waals surface area contributed by atoms with Crippen LogP contribution < -0.4 is 0 Å². The van der Waals surface area contributed by atoms with Gasteiger partial charge in [-0.1, -0.05) is 11.6 Å². The van der Waals surface area contributed by atoms with Crippen LogP contribution in [0.5, 0.6) is 0 Å². The molecule has 0 unspecified atom stereocenters. The Labute approximate surface area is 77.8 Å². The molecule has 0 radical (unpaired) electrons. The van der Waals surface area contributed by atoms with Gasteiger partial charge in [-0.3, -0.25) is 0 Å². The molecule has 50 valence electrons. The summed E-state index contributed by atoms with van der Waals surface area (Å²) in [5, 5.41) is 9.15. The average molecular weight is 263 g/mol. The quantitative estimate of drug-likeness (QED) is 0.660. The highest BCUT2D eigenvalue weighted by Gasteiger charge is 1.95. The molecule has 0 bridgehead atoms. The Kier molecular flexibility index (Phi) is 2.52. The van der Waals surface area contributed by atoms with Gasteiger partial charge in [0.25, 0.3) is 0 Å². The third kappa shape index (κ3) is 1.61. The Bertz CT molecular complexity index is 290. The molecule has 0 fully saturated rings. The molecule has 0 spiro atoms. The predicted octanol–water partition coefficient (Wildman–Crippen LogP) is 2.82. The SMILES string of the molecule is N#Cc1ccc(Cl)c(I)c1. The van der Waals surface area contributed by atoms with E-state index in [-0.39, 0.29) is 0 Å². The molecular formula is C7H3ClIN. The van der Waals surface area contributed by atoms with Crippen molar-refractivity contribution >= 4 is 34.2 Å². The standard InChI is InChI=1S/C7H3ClIN/c8-6-2-1-5(4-10)3-7(6)9/h1-3H. The zero-order chi connectivity index (χ0) is 7.56. The van der Waals surface area contributed by atoms with Crippen LogP contribution in [0.4, 0.5) is 0 Å². The van der Waals surface area contributed by atoms with Crippen molar-refractivity contribution in [3.8, 4) is 6.07 Å². The Morgan fingerprint density at radius 2 is 2.20 bits per heavy atom. The Hall–Kier alpha value is -0.270. The van der Waals surface area contributed by atoms with E-state index in [2.05, 4.69) is 22.6 Å². The molecule has 1 nitrogen and oxygen atoms in total. The summed E-state index contributed by atoms with van der Waals surface area (Å²) in [6.45, 7) is 0. The summed E-state index contributed by atoms with van der Waals surface area (Å²) in [6.07, 6.45) is 0. The molecule has 0 aliphatic heterocycles. The topological polar surface area (TPSA) is 23.8 Å². The summed E-state index contributed by atoms with van der Waals surface area (Å²) in [7, 11) is 0. The van der Waals surface area contributed by atoms with Gasteiger partial charge in [-0.2, -0.15) is 5.26 Å². The van der Waals surface area contributed by atoms with E-state index in [4.69, 9.17) is 16.9 Å². The van der Waals surface area contributed by atoms with Gasteiger partial charge in [0, 0.05) is 3.57 Å². The van der Waals surface area contributed by atoms with Crippen LogP contribution in [0.2, 0.25) is 5.02 Å². The minimum absolute atomic E-state index is 0.647. The van der Waals surface area contributed by atoms with Gasteiger partial charge in [0.05, 0.1) is 16.7 Å². The molecule has 0 N–H and O–H groups in total. The maximum Gasteiger partial charge on any atom is 0.0991 e. The molecule has 10 heavy (non-hydrogen) atoms. The maximum atomic E-state index is 8.46. The van der Waals surface area contributed by atoms with Crippen LogP contribution in [0.15, 0.2) is 18.2 Å². The number of benzene rings is 1. The van der Waals surface area contributed by atoms with Crippen LogP contribution in [0.3, 0.4) is 0 Å². The van der Waals surface area contributed by atoms with Gasteiger partial charge in [-0.05, 0) is 40.8 Å². The lowest BCUT2D eigenvalue weighted by molar-refractivity contribution is 1.47. The minimum Gasteiger partial charge on any atom is -0.192 e. The number of nitrogens with zero attached hydrogens (tertiary/aromatic N) is 1. The smallest absolute Gasteiger partial charge is 0.0991 e. The second-order valence-electron chi connectivity index (χ2n) is 1.74. The van der Waals surface area contributed by atoms with Crippen LogP contribution in [0, 0.1) is 14.9 Å². The Morgan fingerprint density at radius 3 is 2.70 bits per heavy atom. The summed E-state index contributed by atoms with van der Waals surface area (Å²) >= 11 is 7.81. The number of halogens is 2. The summed E-state index contributed by atoms with van der Waals surface area (Å²) in [5.74, 6) is 0. The van der Waals surface area contributed by atoms with Crippen molar-refractivity contribution in [3.63, 3.8) is 0 Å². The van der Waals surface area contributed by atoms with Crippen molar-refractivity contribution in [2.24, 2.45) is 0 Å². The first-order chi connectivity index (χ1) is 4.74. The van der Waals surface area contributed by atoms with Crippen molar-refractivity contribution < 1.29 is 0 Å². The molecule has 0 saturated heterocycles. The largest absolute Gasteiger partial charge is 0.192 e. The first kappa shape index (κ1) is 7.83. The van der Waals surface area contributed by atoms with Gasteiger partial charge >= 0.3 is 0 Å². The van der Waals surface area contributed by atoms with Gasteiger partial charge < -0.3 is 0 Å².